The van der Waals surface area contributed by atoms with Gasteiger partial charge in [0.05, 0.1) is 6.04 Å². The van der Waals surface area contributed by atoms with E-state index in [0.717, 1.165) is 24.8 Å². The average molecular weight is 507 g/mol. The molecule has 0 spiro atoms. The van der Waals surface area contributed by atoms with E-state index in [9.17, 15) is 14.0 Å². The summed E-state index contributed by atoms with van der Waals surface area (Å²) in [7, 11) is 1.96. The minimum absolute atomic E-state index is 0. The summed E-state index contributed by atoms with van der Waals surface area (Å²) in [6.45, 7) is 2.70. The molecule has 1 aliphatic carbocycles. The predicted octanol–water partition coefficient (Wildman–Crippen LogP) is 4.42. The quantitative estimate of drug-likeness (QED) is 0.363. The molecular formula is C23H33Cl2FN2O3S. The molecule has 5 nitrogen and oxygen atoms in total. The van der Waals surface area contributed by atoms with E-state index in [-0.39, 0.29) is 54.0 Å². The van der Waals surface area contributed by atoms with Crippen molar-refractivity contribution in [3.05, 3.63) is 47.3 Å². The van der Waals surface area contributed by atoms with Crippen LogP contribution in [0.25, 0.3) is 0 Å². The summed E-state index contributed by atoms with van der Waals surface area (Å²) in [6, 6.07) is 6.06. The maximum Gasteiger partial charge on any atom is 0.303 e. The number of carboxylic acid groups (broad SMARTS) is 1. The average Bonchev–Trinajstić information content (AvgIpc) is 3.54. The van der Waals surface area contributed by atoms with Crippen LogP contribution in [0.3, 0.4) is 0 Å². The fourth-order valence-corrected chi connectivity index (χ4v) is 4.30. The van der Waals surface area contributed by atoms with Gasteiger partial charge in [0.1, 0.15) is 5.82 Å². The first-order valence-corrected chi connectivity index (χ1v) is 11.2. The van der Waals surface area contributed by atoms with Crippen molar-refractivity contribution in [3.8, 4) is 0 Å². The Balaban J connectivity index is 0.00000256. The lowest BCUT2D eigenvalue weighted by atomic mass is 9.93. The van der Waals surface area contributed by atoms with Gasteiger partial charge < -0.3 is 10.0 Å². The van der Waals surface area contributed by atoms with Crippen LogP contribution in [0.1, 0.15) is 43.7 Å². The Hall–Kier alpha value is -1.12. The van der Waals surface area contributed by atoms with Crippen LogP contribution in [0.5, 0.6) is 0 Å². The maximum absolute atomic E-state index is 14.6. The van der Waals surface area contributed by atoms with Gasteiger partial charge in [0.15, 0.2) is 5.78 Å². The summed E-state index contributed by atoms with van der Waals surface area (Å²) >= 11 is 4.73. The number of thiol groups is 1. The second-order valence-electron chi connectivity index (χ2n) is 8.41. The molecule has 2 atom stereocenters. The highest BCUT2D eigenvalue weighted by Crippen LogP contribution is 2.39. The number of carbonyl (C=O) groups is 2. The molecule has 9 heteroatoms. The third kappa shape index (κ3) is 8.03. The Bertz CT molecular complexity index is 807. The molecule has 1 N–H and O–H groups in total. The first-order valence-electron chi connectivity index (χ1n) is 10.7. The smallest absolute Gasteiger partial charge is 0.303 e. The number of ketones is 1. The number of likely N-dealkylation sites (tertiary alicyclic amines) is 1. The van der Waals surface area contributed by atoms with Crippen molar-refractivity contribution in [2.45, 2.75) is 43.4 Å². The molecule has 0 radical (unpaired) electrons. The highest BCUT2D eigenvalue weighted by molar-refractivity contribution is 7.81. The number of aliphatic carboxylic acids is 1. The Morgan fingerprint density at radius 3 is 2.59 bits per heavy atom. The molecule has 2 unspecified atom stereocenters. The van der Waals surface area contributed by atoms with E-state index >= 15 is 0 Å². The van der Waals surface area contributed by atoms with Gasteiger partial charge >= 0.3 is 5.97 Å². The van der Waals surface area contributed by atoms with E-state index in [1.54, 1.807) is 18.2 Å². The number of benzene rings is 1. The highest BCUT2D eigenvalue weighted by atomic mass is 35.5. The van der Waals surface area contributed by atoms with Crippen LogP contribution in [0.4, 0.5) is 4.39 Å². The number of halogens is 3. The van der Waals surface area contributed by atoms with E-state index in [1.807, 2.05) is 7.05 Å². The molecule has 0 aromatic heterocycles. The van der Waals surface area contributed by atoms with Crippen molar-refractivity contribution in [3.63, 3.8) is 0 Å². The van der Waals surface area contributed by atoms with Crippen molar-refractivity contribution in [1.29, 1.82) is 0 Å². The highest BCUT2D eigenvalue weighted by Gasteiger charge is 2.40. The molecular weight excluding hydrogens is 474 g/mol. The Morgan fingerprint density at radius 2 is 1.97 bits per heavy atom. The monoisotopic (exact) mass is 506 g/mol. The number of hydrogen-bond donors (Lipinski definition) is 2. The number of carboxylic acids is 1. The summed E-state index contributed by atoms with van der Waals surface area (Å²) in [5.74, 6) is -0.924. The third-order valence-corrected chi connectivity index (χ3v) is 6.50. The molecule has 1 heterocycles. The summed E-state index contributed by atoms with van der Waals surface area (Å²) < 4.78 is 14.6. The van der Waals surface area contributed by atoms with Gasteiger partial charge in [0, 0.05) is 42.8 Å². The van der Waals surface area contributed by atoms with Crippen molar-refractivity contribution < 1.29 is 19.1 Å². The lowest BCUT2D eigenvalue weighted by molar-refractivity contribution is -0.137. The number of likely N-dealkylation sites (N-methyl/N-ethyl adjacent to an activating group) is 1. The van der Waals surface area contributed by atoms with Crippen LogP contribution in [0.15, 0.2) is 35.9 Å². The standard InChI is InChI=1S/C23H31FN2O3S.2ClH/c1-25(12-4-7-21(27)28)13-10-17-15-26(14-11-20(17)30)22(23(29)16-8-9-16)18-5-2-3-6-19(18)24;;/h2-3,5-6,10,16,20,22,30H,4,7-9,11-15H2,1H3,(H,27,28);2*1H/b17-10-;;. The Labute approximate surface area is 207 Å². The van der Waals surface area contributed by atoms with Crippen LogP contribution in [0, 0.1) is 11.7 Å². The second kappa shape index (κ2) is 13.6. The fourth-order valence-electron chi connectivity index (χ4n) is 4.00. The van der Waals surface area contributed by atoms with E-state index in [1.165, 1.54) is 6.07 Å². The SMILES string of the molecule is CN(C/C=C1/CN(C(C(=O)C2CC2)c2ccccc2F)CCC1S)CCCC(=O)O.Cl.Cl. The van der Waals surface area contributed by atoms with Gasteiger partial charge in [-0.15, -0.1) is 24.8 Å². The molecule has 32 heavy (non-hydrogen) atoms. The zero-order valence-electron chi connectivity index (χ0n) is 18.3. The summed E-state index contributed by atoms with van der Waals surface area (Å²) in [5.41, 5.74) is 1.61. The molecule has 2 aliphatic rings. The number of hydrogen-bond acceptors (Lipinski definition) is 5. The minimum Gasteiger partial charge on any atom is -0.481 e. The molecule has 180 valence electrons. The topological polar surface area (TPSA) is 60.9 Å². The molecule has 0 amide bonds. The lowest BCUT2D eigenvalue weighted by Crippen LogP contribution is -2.43. The first kappa shape index (κ1) is 28.9. The zero-order chi connectivity index (χ0) is 21.7. The molecule has 3 rings (SSSR count). The van der Waals surface area contributed by atoms with E-state index in [2.05, 4.69) is 15.9 Å². The van der Waals surface area contributed by atoms with Gasteiger partial charge in [0.25, 0.3) is 0 Å². The van der Waals surface area contributed by atoms with Crippen LogP contribution >= 0.6 is 37.4 Å². The predicted molar refractivity (Wildman–Crippen MR) is 133 cm³/mol. The molecule has 2 fully saturated rings. The zero-order valence-corrected chi connectivity index (χ0v) is 20.8. The molecule has 1 saturated heterocycles. The van der Waals surface area contributed by atoms with Crippen LogP contribution in [0.2, 0.25) is 0 Å². The van der Waals surface area contributed by atoms with Gasteiger partial charge in [-0.25, -0.2) is 4.39 Å². The lowest BCUT2D eigenvalue weighted by Gasteiger charge is -2.38. The van der Waals surface area contributed by atoms with E-state index < -0.39 is 12.0 Å². The van der Waals surface area contributed by atoms with E-state index in [4.69, 9.17) is 17.7 Å². The van der Waals surface area contributed by atoms with E-state index in [0.29, 0.717) is 38.2 Å². The molecule has 1 aliphatic heterocycles. The molecule has 1 aromatic carbocycles. The second-order valence-corrected chi connectivity index (χ2v) is 9.04. The van der Waals surface area contributed by atoms with Gasteiger partial charge in [-0.2, -0.15) is 12.6 Å². The molecule has 1 aromatic rings. The number of nitrogens with zero attached hydrogens (tertiary/aromatic N) is 2. The maximum atomic E-state index is 14.6. The third-order valence-electron chi connectivity index (χ3n) is 5.91. The number of Topliss-reactive ketones (excluding diaryl/α,β-unsaturated/α-hetero) is 1. The number of rotatable bonds is 10. The van der Waals surface area contributed by atoms with Gasteiger partial charge in [0.2, 0.25) is 0 Å². The summed E-state index contributed by atoms with van der Waals surface area (Å²) in [4.78, 5) is 27.9. The van der Waals surface area contributed by atoms with Crippen molar-refractivity contribution in [1.82, 2.24) is 9.80 Å². The van der Waals surface area contributed by atoms with Crippen molar-refractivity contribution in [2.24, 2.45) is 5.92 Å². The van der Waals surface area contributed by atoms with Crippen LogP contribution < -0.4 is 0 Å². The van der Waals surface area contributed by atoms with Crippen molar-refractivity contribution in [2.75, 3.05) is 33.2 Å². The van der Waals surface area contributed by atoms with Crippen LogP contribution in [-0.4, -0.2) is 65.1 Å². The molecule has 1 saturated carbocycles. The minimum atomic E-state index is -0.778. The Kier molecular flexibility index (Phi) is 12.2. The normalized spacial score (nSPS) is 21.0. The largest absolute Gasteiger partial charge is 0.481 e. The number of carbonyl (C=O) groups excluding carboxylic acids is 1. The first-order chi connectivity index (χ1) is 14.4. The van der Waals surface area contributed by atoms with Gasteiger partial charge in [-0.3, -0.25) is 14.5 Å². The Morgan fingerprint density at radius 1 is 1.28 bits per heavy atom. The van der Waals surface area contributed by atoms with Gasteiger partial charge in [-0.05, 0) is 50.9 Å². The van der Waals surface area contributed by atoms with Crippen LogP contribution in [-0.2, 0) is 9.59 Å². The summed E-state index contributed by atoms with van der Waals surface area (Å²) in [6.07, 6.45) is 5.51. The fraction of sp³-hybridized carbons (Fsp3) is 0.565. The summed E-state index contributed by atoms with van der Waals surface area (Å²) in [5, 5.41) is 8.89. The number of piperidine rings is 1. The van der Waals surface area contributed by atoms with Gasteiger partial charge in [-0.1, -0.05) is 24.3 Å². The molecule has 0 bridgehead atoms. The van der Waals surface area contributed by atoms with Crippen molar-refractivity contribution >= 4 is 49.2 Å².